The number of nitrogen functional groups attached to an aromatic ring is 1. The Hall–Kier alpha value is -5.03. The van der Waals surface area contributed by atoms with Crippen molar-refractivity contribution in [1.82, 2.24) is 20.3 Å². The molecule has 3 aromatic carbocycles. The number of amides is 3. The third-order valence-electron chi connectivity index (χ3n) is 5.77. The Kier molecular flexibility index (Phi) is 8.99. The number of anilines is 3. The number of hydrogen-bond acceptors (Lipinski definition) is 8. The van der Waals surface area contributed by atoms with E-state index in [1.165, 1.54) is 0 Å². The molecule has 1 aliphatic rings. The van der Waals surface area contributed by atoms with Gasteiger partial charge in [-0.05, 0) is 60.7 Å². The second-order valence-electron chi connectivity index (χ2n) is 8.52. The molecule has 4 aromatic rings. The Labute approximate surface area is 226 Å². The zero-order valence-electron chi connectivity index (χ0n) is 21.5. The van der Waals surface area contributed by atoms with Crippen molar-refractivity contribution in [3.8, 4) is 22.8 Å². The van der Waals surface area contributed by atoms with Crippen LogP contribution in [0, 0.1) is 0 Å². The van der Waals surface area contributed by atoms with E-state index in [1.54, 1.807) is 31.3 Å². The van der Waals surface area contributed by atoms with Crippen LogP contribution in [0.5, 0.6) is 0 Å². The maximum absolute atomic E-state index is 11.5. The predicted octanol–water partition coefficient (Wildman–Crippen LogP) is 3.16. The Balaban J connectivity index is 0.000000333. The van der Waals surface area contributed by atoms with Crippen LogP contribution in [0.2, 0.25) is 0 Å². The van der Waals surface area contributed by atoms with Gasteiger partial charge >= 0.3 is 6.03 Å². The molecule has 0 bridgehead atoms. The number of primary amides is 1. The lowest BCUT2D eigenvalue weighted by molar-refractivity contribution is 0.1000. The molecule has 11 heteroatoms. The first-order valence-electron chi connectivity index (χ1n) is 12.3. The molecule has 1 aliphatic heterocycles. The van der Waals surface area contributed by atoms with Gasteiger partial charge in [-0.1, -0.05) is 18.2 Å². The number of carbonyl (C=O) groups excluding carboxylic acids is 2. The molecular formula is C28H30N8O3. The van der Waals surface area contributed by atoms with Gasteiger partial charge in [0.1, 0.15) is 0 Å². The number of nitrogens with zero attached hydrogens (tertiary/aromatic N) is 4. The number of nitrogens with one attached hydrogen (secondary N) is 2. The SMILES string of the molecule is CNC(=O)Nc1ccc(-c2nc(-c3ccc(N)cc3)nc(N3CCOCC3)n2)cc1.NC(=O)c1ccccc1. The minimum absolute atomic E-state index is 0.275. The highest BCUT2D eigenvalue weighted by molar-refractivity contribution is 5.92. The molecule has 11 nitrogen and oxygen atoms in total. The molecule has 1 fully saturated rings. The third kappa shape index (κ3) is 7.49. The second-order valence-corrected chi connectivity index (χ2v) is 8.52. The maximum Gasteiger partial charge on any atom is 0.318 e. The zero-order valence-corrected chi connectivity index (χ0v) is 21.5. The van der Waals surface area contributed by atoms with Gasteiger partial charge in [0.15, 0.2) is 11.6 Å². The van der Waals surface area contributed by atoms with Crippen molar-refractivity contribution >= 4 is 29.3 Å². The van der Waals surface area contributed by atoms with Crippen molar-refractivity contribution in [2.45, 2.75) is 0 Å². The molecule has 0 radical (unpaired) electrons. The fourth-order valence-electron chi connectivity index (χ4n) is 3.66. The molecule has 39 heavy (non-hydrogen) atoms. The van der Waals surface area contributed by atoms with Crippen LogP contribution in [-0.2, 0) is 4.74 Å². The van der Waals surface area contributed by atoms with Gasteiger partial charge in [0, 0.05) is 48.2 Å². The van der Waals surface area contributed by atoms with Crippen LogP contribution < -0.4 is 27.0 Å². The van der Waals surface area contributed by atoms with Gasteiger partial charge in [0.05, 0.1) is 13.2 Å². The Bertz CT molecular complexity index is 1390. The van der Waals surface area contributed by atoms with Gasteiger partial charge in [-0.3, -0.25) is 4.79 Å². The number of urea groups is 1. The quantitative estimate of drug-likeness (QED) is 0.288. The van der Waals surface area contributed by atoms with Crippen LogP contribution in [0.15, 0.2) is 78.9 Å². The third-order valence-corrected chi connectivity index (χ3v) is 5.77. The summed E-state index contributed by atoms with van der Waals surface area (Å²) in [7, 11) is 1.57. The molecule has 0 atom stereocenters. The fourth-order valence-corrected chi connectivity index (χ4v) is 3.66. The van der Waals surface area contributed by atoms with E-state index in [0.29, 0.717) is 47.7 Å². The summed E-state index contributed by atoms with van der Waals surface area (Å²) in [6, 6.07) is 23.3. The minimum atomic E-state index is -0.379. The molecule has 0 saturated carbocycles. The van der Waals surface area contributed by atoms with Crippen LogP contribution >= 0.6 is 0 Å². The van der Waals surface area contributed by atoms with E-state index in [-0.39, 0.29) is 11.9 Å². The molecule has 2 heterocycles. The van der Waals surface area contributed by atoms with E-state index in [0.717, 1.165) is 24.2 Å². The summed E-state index contributed by atoms with van der Waals surface area (Å²) in [5, 5.41) is 5.26. The average molecular weight is 527 g/mol. The van der Waals surface area contributed by atoms with Gasteiger partial charge in [-0.2, -0.15) is 9.97 Å². The zero-order chi connectivity index (χ0) is 27.6. The van der Waals surface area contributed by atoms with E-state index < -0.39 is 0 Å². The minimum Gasteiger partial charge on any atom is -0.399 e. The summed E-state index contributed by atoms with van der Waals surface area (Å²) in [4.78, 5) is 38.1. The van der Waals surface area contributed by atoms with Crippen molar-refractivity contribution in [2.75, 3.05) is 49.3 Å². The van der Waals surface area contributed by atoms with Crippen molar-refractivity contribution in [3.05, 3.63) is 84.4 Å². The van der Waals surface area contributed by atoms with E-state index >= 15 is 0 Å². The largest absolute Gasteiger partial charge is 0.399 e. The lowest BCUT2D eigenvalue weighted by Crippen LogP contribution is -2.37. The fraction of sp³-hybridized carbons (Fsp3) is 0.179. The van der Waals surface area contributed by atoms with Crippen LogP contribution in [0.25, 0.3) is 22.8 Å². The van der Waals surface area contributed by atoms with Gasteiger partial charge in [0.2, 0.25) is 11.9 Å². The van der Waals surface area contributed by atoms with Gasteiger partial charge < -0.3 is 31.7 Å². The summed E-state index contributed by atoms with van der Waals surface area (Å²) in [5.74, 6) is 1.37. The highest BCUT2D eigenvalue weighted by Gasteiger charge is 2.18. The van der Waals surface area contributed by atoms with Crippen LogP contribution in [0.1, 0.15) is 10.4 Å². The number of benzene rings is 3. The molecule has 6 N–H and O–H groups in total. The summed E-state index contributed by atoms with van der Waals surface area (Å²) in [6.07, 6.45) is 0. The van der Waals surface area contributed by atoms with Gasteiger partial charge in [0.25, 0.3) is 0 Å². The summed E-state index contributed by atoms with van der Waals surface area (Å²) in [6.45, 7) is 2.72. The molecule has 5 rings (SSSR count). The highest BCUT2D eigenvalue weighted by Crippen LogP contribution is 2.25. The van der Waals surface area contributed by atoms with E-state index in [4.69, 9.17) is 26.2 Å². The first-order valence-corrected chi connectivity index (χ1v) is 12.3. The molecule has 3 amide bonds. The highest BCUT2D eigenvalue weighted by atomic mass is 16.5. The first kappa shape index (κ1) is 27.0. The lowest BCUT2D eigenvalue weighted by atomic mass is 10.1. The number of nitrogens with two attached hydrogens (primary N) is 2. The van der Waals surface area contributed by atoms with Crippen molar-refractivity contribution in [1.29, 1.82) is 0 Å². The average Bonchev–Trinajstić information content (AvgIpc) is 2.99. The van der Waals surface area contributed by atoms with Crippen LogP contribution in [0.3, 0.4) is 0 Å². The number of morpholine rings is 1. The monoisotopic (exact) mass is 526 g/mol. The van der Waals surface area contributed by atoms with E-state index in [9.17, 15) is 9.59 Å². The lowest BCUT2D eigenvalue weighted by Gasteiger charge is -2.27. The number of carbonyl (C=O) groups is 2. The molecule has 0 aliphatic carbocycles. The second kappa shape index (κ2) is 13.0. The normalized spacial score (nSPS) is 12.6. The summed E-state index contributed by atoms with van der Waals surface area (Å²) < 4.78 is 5.45. The first-order chi connectivity index (χ1) is 18.9. The number of rotatable bonds is 5. The topological polar surface area (TPSA) is 161 Å². The standard InChI is InChI=1S/C21H23N7O2.C7H7NO/c1-23-21(29)24-17-8-4-15(5-9-17)19-25-18(14-2-6-16(22)7-3-14)26-20(27-19)28-10-12-30-13-11-28;8-7(9)6-4-2-1-3-5-6/h2-9H,10-13,22H2,1H3,(H2,23,24,29);1-5H,(H2,8,9). The molecule has 0 spiro atoms. The van der Waals surface area contributed by atoms with Gasteiger partial charge in [-0.15, -0.1) is 0 Å². The molecule has 200 valence electrons. The van der Waals surface area contributed by atoms with Crippen LogP contribution in [0.4, 0.5) is 22.1 Å². The smallest absolute Gasteiger partial charge is 0.318 e. The summed E-state index contributed by atoms with van der Waals surface area (Å²) >= 11 is 0. The molecule has 0 unspecified atom stereocenters. The number of aromatic nitrogens is 3. The van der Waals surface area contributed by atoms with Crippen molar-refractivity contribution < 1.29 is 14.3 Å². The summed E-state index contributed by atoms with van der Waals surface area (Å²) in [5.41, 5.74) is 14.4. The Morgan fingerprint density at radius 2 is 1.38 bits per heavy atom. The van der Waals surface area contributed by atoms with E-state index in [1.807, 2.05) is 54.6 Å². The van der Waals surface area contributed by atoms with E-state index in [2.05, 4.69) is 20.5 Å². The Morgan fingerprint density at radius 1 is 0.821 bits per heavy atom. The van der Waals surface area contributed by atoms with Gasteiger partial charge in [-0.25, -0.2) is 9.78 Å². The van der Waals surface area contributed by atoms with Crippen LogP contribution in [-0.4, -0.2) is 60.2 Å². The predicted molar refractivity (Wildman–Crippen MR) is 151 cm³/mol. The van der Waals surface area contributed by atoms with Crippen molar-refractivity contribution in [3.63, 3.8) is 0 Å². The molecule has 1 aromatic heterocycles. The number of ether oxygens (including phenoxy) is 1. The maximum atomic E-state index is 11.5. The van der Waals surface area contributed by atoms with Crippen molar-refractivity contribution in [2.24, 2.45) is 5.73 Å². The number of hydrogen-bond donors (Lipinski definition) is 4. The Morgan fingerprint density at radius 3 is 1.90 bits per heavy atom. The molecular weight excluding hydrogens is 496 g/mol. The molecule has 1 saturated heterocycles.